The predicted octanol–water partition coefficient (Wildman–Crippen LogP) is 1.93. The number of rotatable bonds is 10. The third-order valence-electron chi connectivity index (χ3n) is 3.36. The van der Waals surface area contributed by atoms with Gasteiger partial charge in [-0.15, -0.1) is 0 Å². The Hall–Kier alpha value is -0.680. The quantitative estimate of drug-likeness (QED) is 0.476. The lowest BCUT2D eigenvalue weighted by Crippen LogP contribution is -2.38. The van der Waals surface area contributed by atoms with Gasteiger partial charge in [0.2, 0.25) is 5.91 Å². The first-order valence-electron chi connectivity index (χ1n) is 7.17. The number of unbranched alkanes of at least 4 members (excludes halogenated alkanes) is 1. The van der Waals surface area contributed by atoms with Crippen molar-refractivity contribution in [3.05, 3.63) is 0 Å². The van der Waals surface area contributed by atoms with Crippen LogP contribution in [0.3, 0.4) is 0 Å². The molecule has 19 heavy (non-hydrogen) atoms. The van der Waals surface area contributed by atoms with Crippen molar-refractivity contribution in [2.45, 2.75) is 52.5 Å². The Morgan fingerprint density at radius 1 is 1.37 bits per heavy atom. The molecule has 0 heterocycles. The molecule has 0 aliphatic carbocycles. The van der Waals surface area contributed by atoms with Gasteiger partial charge in [0.15, 0.2) is 0 Å². The topological polar surface area (TPSA) is 58.4 Å². The van der Waals surface area contributed by atoms with Crippen LogP contribution in [0.4, 0.5) is 0 Å². The fourth-order valence-corrected chi connectivity index (χ4v) is 2.00. The van der Waals surface area contributed by atoms with E-state index in [1.807, 2.05) is 6.92 Å². The van der Waals surface area contributed by atoms with Gasteiger partial charge in [0.1, 0.15) is 0 Å². The Kier molecular flexibility index (Phi) is 9.79. The number of nitrogens with one attached hydrogen (secondary N) is 1. The van der Waals surface area contributed by atoms with Crippen molar-refractivity contribution in [2.75, 3.05) is 20.1 Å². The largest absolute Gasteiger partial charge is 0.393 e. The van der Waals surface area contributed by atoms with E-state index in [9.17, 15) is 4.79 Å². The highest BCUT2D eigenvalue weighted by atomic mass is 32.1. The Balaban J connectivity index is 3.81. The van der Waals surface area contributed by atoms with E-state index in [0.29, 0.717) is 17.6 Å². The molecular formula is C14H29N3OS. The number of carbonyl (C=O) groups is 1. The van der Waals surface area contributed by atoms with E-state index in [1.165, 1.54) is 0 Å². The molecular weight excluding hydrogens is 258 g/mol. The molecule has 0 aromatic heterocycles. The minimum atomic E-state index is -0.307. The fraction of sp³-hybridized carbons (Fsp3) is 0.857. The van der Waals surface area contributed by atoms with Crippen molar-refractivity contribution >= 4 is 23.1 Å². The van der Waals surface area contributed by atoms with Gasteiger partial charge < -0.3 is 16.0 Å². The molecule has 5 heteroatoms. The van der Waals surface area contributed by atoms with Gasteiger partial charge in [0, 0.05) is 12.6 Å². The van der Waals surface area contributed by atoms with E-state index in [1.54, 1.807) is 0 Å². The predicted molar refractivity (Wildman–Crippen MR) is 85.2 cm³/mol. The van der Waals surface area contributed by atoms with E-state index >= 15 is 0 Å². The van der Waals surface area contributed by atoms with Crippen molar-refractivity contribution in [1.82, 2.24) is 10.2 Å². The van der Waals surface area contributed by atoms with Gasteiger partial charge in [-0.3, -0.25) is 4.79 Å². The zero-order valence-electron chi connectivity index (χ0n) is 12.7. The number of amides is 1. The van der Waals surface area contributed by atoms with Gasteiger partial charge in [0.05, 0.1) is 10.9 Å². The van der Waals surface area contributed by atoms with Crippen molar-refractivity contribution in [1.29, 1.82) is 0 Å². The lowest BCUT2D eigenvalue weighted by Gasteiger charge is -2.20. The van der Waals surface area contributed by atoms with Crippen LogP contribution in [0.15, 0.2) is 0 Å². The number of carbonyl (C=O) groups excluding carboxylic acids is 1. The molecule has 0 bridgehead atoms. The monoisotopic (exact) mass is 287 g/mol. The molecule has 1 amide bonds. The van der Waals surface area contributed by atoms with Gasteiger partial charge >= 0.3 is 0 Å². The van der Waals surface area contributed by atoms with Gasteiger partial charge in [-0.25, -0.2) is 0 Å². The molecule has 112 valence electrons. The van der Waals surface area contributed by atoms with Crippen LogP contribution in [0, 0.1) is 5.92 Å². The number of nitrogens with zero attached hydrogens (tertiary/aromatic N) is 1. The second-order valence-corrected chi connectivity index (χ2v) is 5.79. The first-order valence-corrected chi connectivity index (χ1v) is 7.58. The molecule has 1 atom stereocenters. The van der Waals surface area contributed by atoms with Crippen LogP contribution >= 0.6 is 12.2 Å². The summed E-state index contributed by atoms with van der Waals surface area (Å²) >= 11 is 4.93. The average molecular weight is 287 g/mol. The van der Waals surface area contributed by atoms with Crippen LogP contribution in [0.25, 0.3) is 0 Å². The standard InChI is InChI=1S/C14H29N3OS/c1-5-8-12(13(15)19)14(18)16-9-6-7-10-17(4)11(2)3/h11-12H,5-10H2,1-4H3,(H2,15,19)(H,16,18). The SMILES string of the molecule is CCCC(C(=O)NCCCCN(C)C(C)C)C(N)=S. The van der Waals surface area contributed by atoms with Crippen LogP contribution < -0.4 is 11.1 Å². The van der Waals surface area contributed by atoms with Crippen LogP contribution in [0.2, 0.25) is 0 Å². The second-order valence-electron chi connectivity index (χ2n) is 5.32. The lowest BCUT2D eigenvalue weighted by molar-refractivity contribution is -0.123. The van der Waals surface area contributed by atoms with Gasteiger partial charge in [0.25, 0.3) is 0 Å². The van der Waals surface area contributed by atoms with Gasteiger partial charge in [-0.05, 0) is 46.7 Å². The smallest absolute Gasteiger partial charge is 0.229 e. The maximum Gasteiger partial charge on any atom is 0.229 e. The lowest BCUT2D eigenvalue weighted by atomic mass is 10.0. The van der Waals surface area contributed by atoms with E-state index in [-0.39, 0.29) is 11.8 Å². The normalized spacial score (nSPS) is 12.7. The highest BCUT2D eigenvalue weighted by Gasteiger charge is 2.19. The Bertz CT molecular complexity index is 282. The second kappa shape index (κ2) is 10.1. The first-order chi connectivity index (χ1) is 8.90. The third kappa shape index (κ3) is 8.16. The number of thiocarbonyl (C=S) groups is 1. The molecule has 1 unspecified atom stereocenters. The van der Waals surface area contributed by atoms with Crippen LogP contribution in [0.1, 0.15) is 46.5 Å². The zero-order chi connectivity index (χ0) is 14.8. The van der Waals surface area contributed by atoms with E-state index in [4.69, 9.17) is 18.0 Å². The highest BCUT2D eigenvalue weighted by molar-refractivity contribution is 7.80. The van der Waals surface area contributed by atoms with E-state index in [0.717, 1.165) is 32.2 Å². The molecule has 0 aliphatic rings. The molecule has 0 spiro atoms. The van der Waals surface area contributed by atoms with Crippen LogP contribution in [0.5, 0.6) is 0 Å². The first kappa shape index (κ1) is 18.3. The van der Waals surface area contributed by atoms with E-state index < -0.39 is 0 Å². The van der Waals surface area contributed by atoms with Crippen molar-refractivity contribution in [3.8, 4) is 0 Å². The number of hydrogen-bond donors (Lipinski definition) is 2. The Morgan fingerprint density at radius 2 is 2.00 bits per heavy atom. The molecule has 0 aromatic rings. The van der Waals surface area contributed by atoms with Crippen LogP contribution in [-0.4, -0.2) is 42.0 Å². The molecule has 0 saturated heterocycles. The minimum absolute atomic E-state index is 0.0217. The van der Waals surface area contributed by atoms with Gasteiger partial charge in [-0.1, -0.05) is 25.6 Å². The summed E-state index contributed by atoms with van der Waals surface area (Å²) in [5.41, 5.74) is 5.59. The molecule has 0 aromatic carbocycles. The summed E-state index contributed by atoms with van der Waals surface area (Å²) in [4.78, 5) is 14.5. The summed E-state index contributed by atoms with van der Waals surface area (Å²) in [6, 6.07) is 0.568. The number of hydrogen-bond acceptors (Lipinski definition) is 3. The third-order valence-corrected chi connectivity index (χ3v) is 3.64. The van der Waals surface area contributed by atoms with Gasteiger partial charge in [-0.2, -0.15) is 0 Å². The maximum atomic E-state index is 11.9. The molecule has 0 radical (unpaired) electrons. The molecule has 3 N–H and O–H groups in total. The summed E-state index contributed by atoms with van der Waals surface area (Å²) in [7, 11) is 2.12. The maximum absolute atomic E-state index is 11.9. The fourth-order valence-electron chi connectivity index (χ4n) is 1.77. The molecule has 4 nitrogen and oxygen atoms in total. The van der Waals surface area contributed by atoms with Crippen molar-refractivity contribution < 1.29 is 4.79 Å². The summed E-state index contributed by atoms with van der Waals surface area (Å²) < 4.78 is 0. The molecule has 0 aliphatic heterocycles. The summed E-state index contributed by atoms with van der Waals surface area (Å²) in [5.74, 6) is -0.329. The minimum Gasteiger partial charge on any atom is -0.393 e. The van der Waals surface area contributed by atoms with Crippen molar-refractivity contribution in [2.24, 2.45) is 11.7 Å². The summed E-state index contributed by atoms with van der Waals surface area (Å²) in [6.07, 6.45) is 3.71. The van der Waals surface area contributed by atoms with Crippen molar-refractivity contribution in [3.63, 3.8) is 0 Å². The summed E-state index contributed by atoms with van der Waals surface area (Å²) in [6.45, 7) is 8.15. The zero-order valence-corrected chi connectivity index (χ0v) is 13.6. The molecule has 0 fully saturated rings. The molecule has 0 saturated carbocycles. The number of nitrogens with two attached hydrogens (primary N) is 1. The highest BCUT2D eigenvalue weighted by Crippen LogP contribution is 2.07. The molecule has 0 rings (SSSR count). The van der Waals surface area contributed by atoms with Crippen LogP contribution in [-0.2, 0) is 4.79 Å². The Labute approximate surface area is 123 Å². The Morgan fingerprint density at radius 3 is 2.47 bits per heavy atom. The van der Waals surface area contributed by atoms with E-state index in [2.05, 4.69) is 31.1 Å². The summed E-state index contributed by atoms with van der Waals surface area (Å²) in [5, 5.41) is 2.93. The average Bonchev–Trinajstić information content (AvgIpc) is 2.34.